The Kier molecular flexibility index (Phi) is 6.26. The van der Waals surface area contributed by atoms with Crippen LogP contribution < -0.4 is 11.6 Å². The van der Waals surface area contributed by atoms with Crippen molar-refractivity contribution in [1.82, 2.24) is 9.91 Å². The van der Waals surface area contributed by atoms with Crippen LogP contribution in [0.3, 0.4) is 0 Å². The van der Waals surface area contributed by atoms with E-state index in [1.54, 1.807) is 6.20 Å². The highest BCUT2D eigenvalue weighted by atomic mass is 32.1. The fourth-order valence-electron chi connectivity index (χ4n) is 3.72. The lowest BCUT2D eigenvalue weighted by Crippen LogP contribution is -2.38. The quantitative estimate of drug-likeness (QED) is 0.299. The lowest BCUT2D eigenvalue weighted by molar-refractivity contribution is 0.220. The SMILES string of the molecule is [B]C(C)(S)CN(N)/C=C(\N)c1ccc(CN2CCCCC2)c(C2CC2)c1. The minimum absolute atomic E-state index is 0.416. The van der Waals surface area contributed by atoms with Crippen LogP contribution in [0.25, 0.3) is 5.70 Å². The third-order valence-corrected chi connectivity index (χ3v) is 5.29. The van der Waals surface area contributed by atoms with Crippen molar-refractivity contribution in [3.63, 3.8) is 0 Å². The summed E-state index contributed by atoms with van der Waals surface area (Å²) >= 11 is 4.31. The topological polar surface area (TPSA) is 58.5 Å². The molecule has 1 aliphatic heterocycles. The number of piperidine rings is 1. The summed E-state index contributed by atoms with van der Waals surface area (Å²) in [6.45, 7) is 5.74. The predicted molar refractivity (Wildman–Crippen MR) is 114 cm³/mol. The summed E-state index contributed by atoms with van der Waals surface area (Å²) in [5, 5.41) is 1.51. The van der Waals surface area contributed by atoms with Gasteiger partial charge in [0.15, 0.2) is 0 Å². The predicted octanol–water partition coefficient (Wildman–Crippen LogP) is 2.80. The maximum atomic E-state index is 6.30. The van der Waals surface area contributed by atoms with E-state index in [1.807, 2.05) is 6.92 Å². The summed E-state index contributed by atoms with van der Waals surface area (Å²) in [5.41, 5.74) is 10.9. The summed E-state index contributed by atoms with van der Waals surface area (Å²) < 4.78 is -0.664. The second-order valence-corrected chi connectivity index (χ2v) is 9.16. The summed E-state index contributed by atoms with van der Waals surface area (Å²) in [5.74, 6) is 6.70. The second-order valence-electron chi connectivity index (χ2n) is 8.14. The molecule has 0 bridgehead atoms. The van der Waals surface area contributed by atoms with Gasteiger partial charge in [-0.2, -0.15) is 12.6 Å². The Labute approximate surface area is 164 Å². The van der Waals surface area contributed by atoms with E-state index in [9.17, 15) is 0 Å². The number of rotatable bonds is 7. The van der Waals surface area contributed by atoms with Gasteiger partial charge in [0.1, 0.15) is 0 Å². The van der Waals surface area contributed by atoms with Gasteiger partial charge in [-0.15, -0.1) is 0 Å². The number of hydrogen-bond donors (Lipinski definition) is 3. The molecule has 140 valence electrons. The van der Waals surface area contributed by atoms with Crippen molar-refractivity contribution >= 4 is 26.2 Å². The standard InChI is InChI=1S/C20H31BN4S/c1-20(21,26)14-25(23)13-19(22)16-7-8-17(18(11-16)15-5-6-15)12-24-9-3-2-4-10-24/h7-8,11,13,15,26H,2-6,9-10,12,14,22-23H2,1H3/b19-13-. The summed E-state index contributed by atoms with van der Waals surface area (Å²) in [4.78, 5) is 2.58. The fourth-order valence-corrected chi connectivity index (χ4v) is 3.88. The molecule has 2 radical (unpaired) electrons. The van der Waals surface area contributed by atoms with Gasteiger partial charge in [-0.1, -0.05) is 25.5 Å². The van der Waals surface area contributed by atoms with E-state index in [4.69, 9.17) is 19.4 Å². The maximum absolute atomic E-state index is 6.30. The largest absolute Gasteiger partial charge is 0.397 e. The van der Waals surface area contributed by atoms with Crippen LogP contribution >= 0.6 is 12.6 Å². The van der Waals surface area contributed by atoms with Crippen LogP contribution in [0.2, 0.25) is 0 Å². The van der Waals surface area contributed by atoms with Gasteiger partial charge in [-0.25, -0.2) is 5.84 Å². The highest BCUT2D eigenvalue weighted by Crippen LogP contribution is 2.42. The minimum Gasteiger partial charge on any atom is -0.397 e. The molecule has 3 rings (SSSR count). The molecule has 2 aliphatic rings. The molecule has 4 nitrogen and oxygen atoms in total. The van der Waals surface area contributed by atoms with Crippen LogP contribution in [0.4, 0.5) is 0 Å². The molecule has 0 amide bonds. The van der Waals surface area contributed by atoms with Crippen molar-refractivity contribution in [3.8, 4) is 0 Å². The number of hydrazine groups is 1. The van der Waals surface area contributed by atoms with E-state index >= 15 is 0 Å². The lowest BCUT2D eigenvalue weighted by atomic mass is 9.88. The Balaban J connectivity index is 1.75. The van der Waals surface area contributed by atoms with Crippen LogP contribution in [0, 0.1) is 0 Å². The first-order valence-electron chi connectivity index (χ1n) is 9.67. The lowest BCUT2D eigenvalue weighted by Gasteiger charge is -2.27. The van der Waals surface area contributed by atoms with Crippen LogP contribution in [-0.2, 0) is 6.54 Å². The van der Waals surface area contributed by atoms with Crippen molar-refractivity contribution in [2.75, 3.05) is 19.6 Å². The molecular formula is C20H31BN4S. The molecule has 1 atom stereocenters. The van der Waals surface area contributed by atoms with E-state index in [-0.39, 0.29) is 0 Å². The number of benzene rings is 1. The van der Waals surface area contributed by atoms with Gasteiger partial charge >= 0.3 is 0 Å². The second kappa shape index (κ2) is 8.28. The number of hydrogen-bond acceptors (Lipinski definition) is 5. The average Bonchev–Trinajstić information content (AvgIpc) is 3.39. The number of nitrogens with two attached hydrogens (primary N) is 2. The molecule has 26 heavy (non-hydrogen) atoms. The molecule has 1 saturated heterocycles. The Morgan fingerprint density at radius 3 is 2.65 bits per heavy atom. The zero-order valence-electron chi connectivity index (χ0n) is 15.8. The van der Waals surface area contributed by atoms with Gasteiger partial charge in [-0.05, 0) is 72.1 Å². The zero-order valence-corrected chi connectivity index (χ0v) is 16.7. The molecule has 6 heteroatoms. The van der Waals surface area contributed by atoms with Gasteiger partial charge in [-0.3, -0.25) is 4.90 Å². The van der Waals surface area contributed by atoms with Crippen LogP contribution in [0.1, 0.15) is 61.6 Å². The smallest absolute Gasteiger partial charge is 0.0911 e. The number of likely N-dealkylation sites (tertiary alicyclic amines) is 1. The fraction of sp³-hybridized carbons (Fsp3) is 0.600. The van der Waals surface area contributed by atoms with Gasteiger partial charge in [0, 0.05) is 19.3 Å². The van der Waals surface area contributed by atoms with Gasteiger partial charge < -0.3 is 10.7 Å². The van der Waals surface area contributed by atoms with E-state index < -0.39 is 4.65 Å². The molecule has 1 aliphatic carbocycles. The first-order chi connectivity index (χ1) is 12.3. The highest BCUT2D eigenvalue weighted by molar-refractivity contribution is 7.83. The molecule has 1 aromatic carbocycles. The van der Waals surface area contributed by atoms with Crippen LogP contribution in [0.5, 0.6) is 0 Å². The molecule has 0 spiro atoms. The van der Waals surface area contributed by atoms with Crippen molar-refractivity contribution < 1.29 is 0 Å². The number of nitrogens with zero attached hydrogens (tertiary/aromatic N) is 2. The van der Waals surface area contributed by atoms with Crippen molar-refractivity contribution in [1.29, 1.82) is 0 Å². The normalized spacial score (nSPS) is 21.4. The molecular weight excluding hydrogens is 339 g/mol. The Morgan fingerprint density at radius 1 is 1.35 bits per heavy atom. The monoisotopic (exact) mass is 370 g/mol. The van der Waals surface area contributed by atoms with E-state index in [1.165, 1.54) is 61.3 Å². The summed E-state index contributed by atoms with van der Waals surface area (Å²) in [7, 11) is 5.90. The summed E-state index contributed by atoms with van der Waals surface area (Å²) in [6, 6.07) is 6.64. The average molecular weight is 370 g/mol. The molecule has 2 fully saturated rings. The molecule has 1 aromatic rings. The molecule has 1 unspecified atom stereocenters. The Morgan fingerprint density at radius 2 is 2.04 bits per heavy atom. The van der Waals surface area contributed by atoms with Crippen molar-refractivity contribution in [2.24, 2.45) is 11.6 Å². The van der Waals surface area contributed by atoms with Crippen LogP contribution in [0.15, 0.2) is 24.4 Å². The van der Waals surface area contributed by atoms with E-state index in [2.05, 4.69) is 35.7 Å². The van der Waals surface area contributed by atoms with Gasteiger partial charge in [0.2, 0.25) is 0 Å². The van der Waals surface area contributed by atoms with Gasteiger partial charge in [0.05, 0.1) is 13.5 Å². The van der Waals surface area contributed by atoms with Gasteiger partial charge in [0.25, 0.3) is 0 Å². The summed E-state index contributed by atoms with van der Waals surface area (Å²) in [6.07, 6.45) is 8.34. The maximum Gasteiger partial charge on any atom is 0.0911 e. The van der Waals surface area contributed by atoms with E-state index in [0.29, 0.717) is 18.2 Å². The Hall–Kier alpha value is -1.11. The third-order valence-electron chi connectivity index (χ3n) is 5.15. The first-order valence-corrected chi connectivity index (χ1v) is 10.1. The first kappa shape index (κ1) is 19.7. The Bertz CT molecular complexity index is 646. The number of thiol groups is 1. The molecule has 4 N–H and O–H groups in total. The van der Waals surface area contributed by atoms with Crippen LogP contribution in [-0.4, -0.2) is 42.0 Å². The molecule has 0 aromatic heterocycles. The van der Waals surface area contributed by atoms with Crippen molar-refractivity contribution in [3.05, 3.63) is 41.1 Å². The highest BCUT2D eigenvalue weighted by Gasteiger charge is 2.27. The minimum atomic E-state index is -0.664. The molecule has 1 saturated carbocycles. The third kappa shape index (κ3) is 5.70. The van der Waals surface area contributed by atoms with E-state index in [0.717, 1.165) is 12.1 Å². The molecule has 1 heterocycles. The zero-order chi connectivity index (χ0) is 18.7. The van der Waals surface area contributed by atoms with Crippen molar-refractivity contribution in [2.45, 2.75) is 56.1 Å².